The van der Waals surface area contributed by atoms with E-state index in [2.05, 4.69) is 0 Å². The Morgan fingerprint density at radius 1 is 1.29 bits per heavy atom. The summed E-state index contributed by atoms with van der Waals surface area (Å²) in [6, 6.07) is 3.99. The molecule has 0 radical (unpaired) electrons. The van der Waals surface area contributed by atoms with Crippen LogP contribution in [0.2, 0.25) is 0 Å². The number of rotatable bonds is 5. The molecule has 0 amide bonds. The standard InChI is InChI=1S/C11H17N3O2S/c1-13-8-6-11(14(2-4-15)3-5-16)17-9(8)7-10(13)12/h6-7,15-16H,2-5,12H2,1H3. The lowest BCUT2D eigenvalue weighted by Crippen LogP contribution is -2.28. The molecule has 0 atom stereocenters. The van der Waals surface area contributed by atoms with Crippen LogP contribution < -0.4 is 10.6 Å². The van der Waals surface area contributed by atoms with E-state index in [1.54, 1.807) is 11.3 Å². The van der Waals surface area contributed by atoms with Crippen molar-refractivity contribution >= 4 is 32.4 Å². The zero-order valence-electron chi connectivity index (χ0n) is 9.76. The Hall–Kier alpha value is -1.24. The molecule has 6 heteroatoms. The molecule has 0 saturated heterocycles. The fourth-order valence-electron chi connectivity index (χ4n) is 1.85. The molecule has 2 rings (SSSR count). The molecule has 94 valence electrons. The van der Waals surface area contributed by atoms with Gasteiger partial charge < -0.3 is 25.4 Å². The number of fused-ring (bicyclic) bond motifs is 1. The summed E-state index contributed by atoms with van der Waals surface area (Å²) in [5, 5.41) is 19.1. The first-order valence-electron chi connectivity index (χ1n) is 5.48. The fourth-order valence-corrected chi connectivity index (χ4v) is 3.04. The first-order chi connectivity index (χ1) is 8.17. The van der Waals surface area contributed by atoms with E-state index >= 15 is 0 Å². The number of aliphatic hydroxyl groups excluding tert-OH is 2. The molecule has 5 nitrogen and oxygen atoms in total. The molecule has 0 spiro atoms. The Labute approximate surface area is 104 Å². The molecular formula is C11H17N3O2S. The molecule has 2 aromatic rings. The summed E-state index contributed by atoms with van der Waals surface area (Å²) < 4.78 is 3.06. The topological polar surface area (TPSA) is 74.7 Å². The summed E-state index contributed by atoms with van der Waals surface area (Å²) >= 11 is 1.62. The molecule has 2 heterocycles. The maximum absolute atomic E-state index is 9.00. The highest BCUT2D eigenvalue weighted by molar-refractivity contribution is 7.22. The minimum atomic E-state index is 0.0797. The highest BCUT2D eigenvalue weighted by atomic mass is 32.1. The van der Waals surface area contributed by atoms with Crippen molar-refractivity contribution in [3.05, 3.63) is 12.1 Å². The van der Waals surface area contributed by atoms with Gasteiger partial charge in [0, 0.05) is 20.1 Å². The molecule has 17 heavy (non-hydrogen) atoms. The van der Waals surface area contributed by atoms with Crippen molar-refractivity contribution in [2.24, 2.45) is 7.05 Å². The monoisotopic (exact) mass is 255 g/mol. The van der Waals surface area contributed by atoms with Crippen molar-refractivity contribution in [3.8, 4) is 0 Å². The highest BCUT2D eigenvalue weighted by Crippen LogP contribution is 2.34. The zero-order valence-corrected chi connectivity index (χ0v) is 10.6. The lowest BCUT2D eigenvalue weighted by atomic mass is 10.4. The van der Waals surface area contributed by atoms with Gasteiger partial charge in [-0.05, 0) is 12.1 Å². The largest absolute Gasteiger partial charge is 0.395 e. The molecule has 0 fully saturated rings. The van der Waals surface area contributed by atoms with Crippen LogP contribution in [-0.4, -0.2) is 41.1 Å². The number of nitrogens with two attached hydrogens (primary N) is 1. The third-order valence-electron chi connectivity index (χ3n) is 2.81. The van der Waals surface area contributed by atoms with Crippen LogP contribution in [0.1, 0.15) is 0 Å². The zero-order chi connectivity index (χ0) is 12.4. The number of aromatic nitrogens is 1. The Morgan fingerprint density at radius 2 is 1.94 bits per heavy atom. The van der Waals surface area contributed by atoms with Gasteiger partial charge in [-0.2, -0.15) is 0 Å². The lowest BCUT2D eigenvalue weighted by molar-refractivity contribution is 0.281. The summed E-state index contributed by atoms with van der Waals surface area (Å²) in [5.41, 5.74) is 6.90. The van der Waals surface area contributed by atoms with Gasteiger partial charge in [-0.15, -0.1) is 11.3 Å². The number of nitrogens with zero attached hydrogens (tertiary/aromatic N) is 2. The molecule has 0 bridgehead atoms. The number of hydrogen-bond donors (Lipinski definition) is 3. The summed E-state index contributed by atoms with van der Waals surface area (Å²) in [5.74, 6) is 0.744. The Morgan fingerprint density at radius 3 is 2.47 bits per heavy atom. The van der Waals surface area contributed by atoms with Crippen LogP contribution in [0.4, 0.5) is 10.8 Å². The van der Waals surface area contributed by atoms with Gasteiger partial charge in [-0.3, -0.25) is 0 Å². The minimum absolute atomic E-state index is 0.0797. The third-order valence-corrected chi connectivity index (χ3v) is 3.94. The lowest BCUT2D eigenvalue weighted by Gasteiger charge is -2.20. The van der Waals surface area contributed by atoms with Gasteiger partial charge in [0.2, 0.25) is 0 Å². The number of aliphatic hydroxyl groups is 2. The van der Waals surface area contributed by atoms with Crippen molar-refractivity contribution < 1.29 is 10.2 Å². The van der Waals surface area contributed by atoms with Gasteiger partial charge in [0.25, 0.3) is 0 Å². The fraction of sp³-hybridized carbons (Fsp3) is 0.455. The summed E-state index contributed by atoms with van der Waals surface area (Å²) in [7, 11) is 1.93. The van der Waals surface area contributed by atoms with Gasteiger partial charge in [0.05, 0.1) is 28.4 Å². The number of nitrogen functional groups attached to an aromatic ring is 1. The summed E-state index contributed by atoms with van der Waals surface area (Å²) in [4.78, 5) is 1.97. The molecular weight excluding hydrogens is 238 g/mol. The summed E-state index contributed by atoms with van der Waals surface area (Å²) in [6.45, 7) is 1.22. The van der Waals surface area contributed by atoms with Gasteiger partial charge in [-0.1, -0.05) is 0 Å². The molecule has 0 aliphatic carbocycles. The second-order valence-electron chi connectivity index (χ2n) is 3.90. The van der Waals surface area contributed by atoms with Crippen molar-refractivity contribution in [3.63, 3.8) is 0 Å². The SMILES string of the molecule is Cn1c(N)cc2sc(N(CCO)CCO)cc21. The van der Waals surface area contributed by atoms with E-state index in [0.717, 1.165) is 21.0 Å². The minimum Gasteiger partial charge on any atom is -0.395 e. The second-order valence-corrected chi connectivity index (χ2v) is 4.96. The first-order valence-corrected chi connectivity index (χ1v) is 6.30. The number of aryl methyl sites for hydroxylation is 1. The van der Waals surface area contributed by atoms with E-state index < -0.39 is 0 Å². The molecule has 0 aromatic carbocycles. The van der Waals surface area contributed by atoms with Crippen LogP contribution in [0.25, 0.3) is 10.2 Å². The van der Waals surface area contributed by atoms with Crippen LogP contribution in [0.15, 0.2) is 12.1 Å². The Kier molecular flexibility index (Phi) is 3.56. The molecule has 0 saturated carbocycles. The van der Waals surface area contributed by atoms with Crippen LogP contribution in [0.5, 0.6) is 0 Å². The van der Waals surface area contributed by atoms with E-state index in [0.29, 0.717) is 13.1 Å². The summed E-state index contributed by atoms with van der Waals surface area (Å²) in [6.07, 6.45) is 0. The van der Waals surface area contributed by atoms with E-state index in [1.165, 1.54) is 0 Å². The van der Waals surface area contributed by atoms with E-state index in [9.17, 15) is 0 Å². The van der Waals surface area contributed by atoms with Crippen molar-refractivity contribution in [2.45, 2.75) is 0 Å². The molecule has 0 aliphatic rings. The van der Waals surface area contributed by atoms with Gasteiger partial charge in [0.1, 0.15) is 5.82 Å². The van der Waals surface area contributed by atoms with Crippen LogP contribution in [0.3, 0.4) is 0 Å². The number of anilines is 2. The Balaban J connectivity index is 2.34. The van der Waals surface area contributed by atoms with Crippen LogP contribution in [0, 0.1) is 0 Å². The average molecular weight is 255 g/mol. The predicted molar refractivity (Wildman–Crippen MR) is 71.6 cm³/mol. The van der Waals surface area contributed by atoms with Gasteiger partial charge in [-0.25, -0.2) is 0 Å². The van der Waals surface area contributed by atoms with Crippen LogP contribution >= 0.6 is 11.3 Å². The van der Waals surface area contributed by atoms with Gasteiger partial charge in [0.15, 0.2) is 0 Å². The first kappa shape index (κ1) is 12.2. The van der Waals surface area contributed by atoms with E-state index in [1.807, 2.05) is 28.6 Å². The molecule has 0 unspecified atom stereocenters. The quantitative estimate of drug-likeness (QED) is 0.732. The molecule has 0 aliphatic heterocycles. The Bertz CT molecular complexity index is 500. The predicted octanol–water partition coefficient (Wildman–Crippen LogP) is 0.613. The highest BCUT2D eigenvalue weighted by Gasteiger charge is 2.12. The van der Waals surface area contributed by atoms with Crippen LogP contribution in [-0.2, 0) is 7.05 Å². The molecule has 4 N–H and O–H groups in total. The van der Waals surface area contributed by atoms with Crippen molar-refractivity contribution in [2.75, 3.05) is 36.9 Å². The average Bonchev–Trinajstić information content (AvgIpc) is 2.81. The third kappa shape index (κ3) is 2.24. The second kappa shape index (κ2) is 4.95. The normalized spacial score (nSPS) is 11.2. The number of hydrogen-bond acceptors (Lipinski definition) is 5. The smallest absolute Gasteiger partial charge is 0.104 e. The maximum atomic E-state index is 9.00. The maximum Gasteiger partial charge on any atom is 0.104 e. The van der Waals surface area contributed by atoms with Crippen molar-refractivity contribution in [1.29, 1.82) is 0 Å². The van der Waals surface area contributed by atoms with Gasteiger partial charge >= 0.3 is 0 Å². The number of thiophene rings is 1. The van der Waals surface area contributed by atoms with E-state index in [4.69, 9.17) is 15.9 Å². The van der Waals surface area contributed by atoms with E-state index in [-0.39, 0.29) is 13.2 Å². The molecule has 2 aromatic heterocycles. The van der Waals surface area contributed by atoms with Crippen molar-refractivity contribution in [1.82, 2.24) is 4.57 Å².